The van der Waals surface area contributed by atoms with Gasteiger partial charge in [-0.1, -0.05) is 0 Å². The standard InChI is InChI=1S/C6H12N2O3/c1-7-2-6(3-9)5(10)8-4-11-6/h7,9H,2-4H2,1H3,(H,8,10). The Morgan fingerprint density at radius 2 is 2.64 bits per heavy atom. The molecule has 0 aromatic rings. The van der Waals surface area contributed by atoms with Crippen LogP contribution in [0.15, 0.2) is 0 Å². The molecule has 0 aromatic carbocycles. The minimum absolute atomic E-state index is 0.182. The summed E-state index contributed by atoms with van der Waals surface area (Å²) in [6, 6.07) is 0. The Morgan fingerprint density at radius 3 is 3.00 bits per heavy atom. The van der Waals surface area contributed by atoms with Gasteiger partial charge in [0.25, 0.3) is 5.91 Å². The van der Waals surface area contributed by atoms with Gasteiger partial charge in [-0.15, -0.1) is 0 Å². The van der Waals surface area contributed by atoms with Crippen LogP contribution in [-0.2, 0) is 9.53 Å². The van der Waals surface area contributed by atoms with Crippen LogP contribution in [-0.4, -0.2) is 43.5 Å². The lowest BCUT2D eigenvalue weighted by atomic mass is 10.1. The number of likely N-dealkylation sites (N-methyl/N-ethyl adjacent to an activating group) is 1. The topological polar surface area (TPSA) is 70.6 Å². The molecule has 0 spiro atoms. The zero-order chi connectivity index (χ0) is 8.32. The Balaban J connectivity index is 2.65. The summed E-state index contributed by atoms with van der Waals surface area (Å²) in [5.74, 6) is -0.255. The Hall–Kier alpha value is -0.650. The number of hydrogen-bond donors (Lipinski definition) is 3. The summed E-state index contributed by atoms with van der Waals surface area (Å²) in [5, 5.41) is 14.2. The van der Waals surface area contributed by atoms with Crippen molar-refractivity contribution < 1.29 is 14.6 Å². The van der Waals surface area contributed by atoms with Crippen molar-refractivity contribution in [2.45, 2.75) is 5.60 Å². The normalized spacial score (nSPS) is 30.5. The van der Waals surface area contributed by atoms with Crippen molar-refractivity contribution >= 4 is 5.91 Å². The molecule has 1 amide bonds. The van der Waals surface area contributed by atoms with E-state index >= 15 is 0 Å². The second-order valence-corrected chi connectivity index (χ2v) is 2.48. The van der Waals surface area contributed by atoms with E-state index in [4.69, 9.17) is 9.84 Å². The van der Waals surface area contributed by atoms with Gasteiger partial charge in [0, 0.05) is 6.54 Å². The summed E-state index contributed by atoms with van der Waals surface area (Å²) in [6.07, 6.45) is 0. The first-order valence-corrected chi connectivity index (χ1v) is 3.43. The third kappa shape index (κ3) is 1.35. The zero-order valence-electron chi connectivity index (χ0n) is 6.39. The smallest absolute Gasteiger partial charge is 0.257 e. The Kier molecular flexibility index (Phi) is 2.43. The predicted octanol–water partition coefficient (Wildman–Crippen LogP) is -1.96. The number of hydrogen-bond acceptors (Lipinski definition) is 4. The van der Waals surface area contributed by atoms with Crippen LogP contribution in [0, 0.1) is 0 Å². The molecule has 0 aromatic heterocycles. The largest absolute Gasteiger partial charge is 0.393 e. The Bertz CT molecular complexity index is 162. The predicted molar refractivity (Wildman–Crippen MR) is 37.8 cm³/mol. The number of aliphatic hydroxyl groups is 1. The van der Waals surface area contributed by atoms with Crippen LogP contribution in [0.3, 0.4) is 0 Å². The van der Waals surface area contributed by atoms with Crippen molar-refractivity contribution in [1.29, 1.82) is 0 Å². The summed E-state index contributed by atoms with van der Waals surface area (Å²) in [4.78, 5) is 11.1. The van der Waals surface area contributed by atoms with E-state index < -0.39 is 5.60 Å². The molecule has 1 fully saturated rings. The number of carbonyl (C=O) groups is 1. The molecule has 0 radical (unpaired) electrons. The molecular formula is C6H12N2O3. The van der Waals surface area contributed by atoms with Gasteiger partial charge in [-0.25, -0.2) is 0 Å². The minimum atomic E-state index is -1.06. The van der Waals surface area contributed by atoms with Crippen LogP contribution >= 0.6 is 0 Å². The average Bonchev–Trinajstić information content (AvgIpc) is 2.35. The summed E-state index contributed by atoms with van der Waals surface area (Å²) in [5.41, 5.74) is -1.06. The number of ether oxygens (including phenoxy) is 1. The molecule has 1 rings (SSSR count). The summed E-state index contributed by atoms with van der Waals surface area (Å²) in [6.45, 7) is 0.218. The SMILES string of the molecule is CNCC1(CO)OCNC1=O. The van der Waals surface area contributed by atoms with Crippen LogP contribution in [0.5, 0.6) is 0 Å². The molecule has 1 unspecified atom stereocenters. The zero-order valence-corrected chi connectivity index (χ0v) is 6.39. The van der Waals surface area contributed by atoms with Gasteiger partial charge in [-0.2, -0.15) is 0 Å². The number of amides is 1. The minimum Gasteiger partial charge on any atom is -0.393 e. The van der Waals surface area contributed by atoms with E-state index in [1.807, 2.05) is 0 Å². The Labute approximate surface area is 64.7 Å². The van der Waals surface area contributed by atoms with Crippen molar-refractivity contribution in [3.63, 3.8) is 0 Å². The van der Waals surface area contributed by atoms with Crippen LogP contribution in [0.2, 0.25) is 0 Å². The molecule has 1 aliphatic heterocycles. The molecule has 5 heteroatoms. The van der Waals surface area contributed by atoms with Crippen LogP contribution in [0.25, 0.3) is 0 Å². The van der Waals surface area contributed by atoms with Crippen molar-refractivity contribution in [2.75, 3.05) is 26.9 Å². The fraction of sp³-hybridized carbons (Fsp3) is 0.833. The fourth-order valence-corrected chi connectivity index (χ4v) is 1.06. The van der Waals surface area contributed by atoms with E-state index in [0.717, 1.165) is 0 Å². The van der Waals surface area contributed by atoms with Gasteiger partial charge < -0.3 is 20.5 Å². The van der Waals surface area contributed by atoms with Crippen molar-refractivity contribution in [3.05, 3.63) is 0 Å². The van der Waals surface area contributed by atoms with Gasteiger partial charge in [0.15, 0.2) is 5.60 Å². The molecule has 1 saturated heterocycles. The molecule has 3 N–H and O–H groups in total. The molecule has 11 heavy (non-hydrogen) atoms. The quantitative estimate of drug-likeness (QED) is 0.448. The molecule has 0 bridgehead atoms. The lowest BCUT2D eigenvalue weighted by Crippen LogP contribution is -2.50. The fourth-order valence-electron chi connectivity index (χ4n) is 1.06. The van der Waals surface area contributed by atoms with Crippen molar-refractivity contribution in [3.8, 4) is 0 Å². The van der Waals surface area contributed by atoms with Gasteiger partial charge in [-0.05, 0) is 7.05 Å². The summed E-state index contributed by atoms with van der Waals surface area (Å²) >= 11 is 0. The highest BCUT2D eigenvalue weighted by atomic mass is 16.5. The van der Waals surface area contributed by atoms with Crippen LogP contribution < -0.4 is 10.6 Å². The number of carbonyl (C=O) groups excluding carboxylic acids is 1. The molecule has 0 aliphatic carbocycles. The first kappa shape index (κ1) is 8.45. The van der Waals surface area contributed by atoms with E-state index in [2.05, 4.69) is 10.6 Å². The third-order valence-corrected chi connectivity index (χ3v) is 1.71. The number of aliphatic hydroxyl groups excluding tert-OH is 1. The molecular weight excluding hydrogens is 148 g/mol. The first-order valence-electron chi connectivity index (χ1n) is 3.43. The van der Waals surface area contributed by atoms with Crippen molar-refractivity contribution in [1.82, 2.24) is 10.6 Å². The monoisotopic (exact) mass is 160 g/mol. The Morgan fingerprint density at radius 1 is 1.91 bits per heavy atom. The lowest BCUT2D eigenvalue weighted by Gasteiger charge is -2.21. The van der Waals surface area contributed by atoms with Gasteiger partial charge in [0.2, 0.25) is 0 Å². The maximum Gasteiger partial charge on any atom is 0.257 e. The van der Waals surface area contributed by atoms with Gasteiger partial charge >= 0.3 is 0 Å². The van der Waals surface area contributed by atoms with E-state index in [0.29, 0.717) is 6.54 Å². The van der Waals surface area contributed by atoms with E-state index in [-0.39, 0.29) is 19.2 Å². The van der Waals surface area contributed by atoms with E-state index in [1.165, 1.54) is 0 Å². The maximum absolute atomic E-state index is 11.1. The highest BCUT2D eigenvalue weighted by Crippen LogP contribution is 2.13. The summed E-state index contributed by atoms with van der Waals surface area (Å²) < 4.78 is 5.07. The van der Waals surface area contributed by atoms with Gasteiger partial charge in [-0.3, -0.25) is 4.79 Å². The molecule has 5 nitrogen and oxygen atoms in total. The molecule has 1 aliphatic rings. The number of nitrogens with one attached hydrogen (secondary N) is 2. The highest BCUT2D eigenvalue weighted by Gasteiger charge is 2.42. The molecule has 1 atom stereocenters. The summed E-state index contributed by atoms with van der Waals surface area (Å²) in [7, 11) is 1.70. The second-order valence-electron chi connectivity index (χ2n) is 2.48. The van der Waals surface area contributed by atoms with Crippen LogP contribution in [0.4, 0.5) is 0 Å². The third-order valence-electron chi connectivity index (χ3n) is 1.71. The lowest BCUT2D eigenvalue weighted by molar-refractivity contribution is -0.135. The van der Waals surface area contributed by atoms with Gasteiger partial charge in [0.05, 0.1) is 6.61 Å². The molecule has 1 heterocycles. The second kappa shape index (κ2) is 3.17. The maximum atomic E-state index is 11.1. The molecule has 0 saturated carbocycles. The molecule has 64 valence electrons. The highest BCUT2D eigenvalue weighted by molar-refractivity contribution is 5.87. The van der Waals surface area contributed by atoms with Gasteiger partial charge in [0.1, 0.15) is 6.73 Å². The van der Waals surface area contributed by atoms with E-state index in [9.17, 15) is 4.79 Å². The van der Waals surface area contributed by atoms with Crippen LogP contribution in [0.1, 0.15) is 0 Å². The average molecular weight is 160 g/mol. The number of rotatable bonds is 3. The van der Waals surface area contributed by atoms with E-state index in [1.54, 1.807) is 7.05 Å². The first-order chi connectivity index (χ1) is 5.25. The van der Waals surface area contributed by atoms with Crippen molar-refractivity contribution in [2.24, 2.45) is 0 Å².